The predicted octanol–water partition coefficient (Wildman–Crippen LogP) is 3.17. The van der Waals surface area contributed by atoms with E-state index >= 15 is 0 Å². The zero-order valence-electron chi connectivity index (χ0n) is 14.8. The van der Waals surface area contributed by atoms with Gasteiger partial charge in [0, 0.05) is 24.2 Å². The fourth-order valence-corrected chi connectivity index (χ4v) is 2.98. The highest BCUT2D eigenvalue weighted by atomic mass is 16.6. The van der Waals surface area contributed by atoms with Crippen molar-refractivity contribution in [2.75, 3.05) is 27.3 Å². The Morgan fingerprint density at radius 2 is 2.00 bits per heavy atom. The fraction of sp³-hybridized carbons (Fsp3) is 0.350. The van der Waals surface area contributed by atoms with E-state index in [1.807, 2.05) is 43.4 Å². The highest BCUT2D eigenvalue weighted by Crippen LogP contribution is 2.31. The first-order chi connectivity index (χ1) is 12.1. The Balaban J connectivity index is 1.66. The molecule has 0 unspecified atom stereocenters. The number of methoxy groups -OCH3 is 1. The molecule has 0 N–H and O–H groups in total. The Kier molecular flexibility index (Phi) is 5.24. The number of ether oxygens (including phenoxy) is 3. The van der Waals surface area contributed by atoms with Gasteiger partial charge >= 0.3 is 0 Å². The summed E-state index contributed by atoms with van der Waals surface area (Å²) in [5, 5.41) is 0. The summed E-state index contributed by atoms with van der Waals surface area (Å²) in [6.45, 7) is 3.46. The number of hydrogen-bond acceptors (Lipinski definition) is 5. The first-order valence-electron chi connectivity index (χ1n) is 8.31. The number of likely N-dealkylation sites (N-methyl/N-ethyl adjacent to an activating group) is 1. The summed E-state index contributed by atoms with van der Waals surface area (Å²) >= 11 is 0. The lowest BCUT2D eigenvalue weighted by Crippen LogP contribution is -2.39. The van der Waals surface area contributed by atoms with Crippen LogP contribution in [-0.4, -0.2) is 44.1 Å². The molecule has 1 aliphatic rings. The van der Waals surface area contributed by atoms with E-state index in [4.69, 9.17) is 14.2 Å². The van der Waals surface area contributed by atoms with Crippen molar-refractivity contribution in [2.45, 2.75) is 19.6 Å². The normalized spacial score (nSPS) is 15.9. The molecule has 0 aromatic heterocycles. The monoisotopic (exact) mass is 341 g/mol. The van der Waals surface area contributed by atoms with Crippen LogP contribution < -0.4 is 14.2 Å². The molecule has 1 aliphatic heterocycles. The van der Waals surface area contributed by atoms with E-state index in [0.29, 0.717) is 25.3 Å². The molecule has 0 spiro atoms. The standard InChI is InChI=1S/C20H23NO4/c1-14(22)15-8-9-18(23-3)16(10-15)11-21(2)12-17-13-24-19-6-4-5-7-20(19)25-17/h4-10,17H,11-13H2,1-3H3/t17-/m0/s1. The second-order valence-electron chi connectivity index (χ2n) is 6.28. The van der Waals surface area contributed by atoms with Gasteiger partial charge in [-0.3, -0.25) is 9.69 Å². The van der Waals surface area contributed by atoms with E-state index in [2.05, 4.69) is 4.90 Å². The smallest absolute Gasteiger partial charge is 0.161 e. The van der Waals surface area contributed by atoms with Crippen molar-refractivity contribution in [3.8, 4) is 17.2 Å². The van der Waals surface area contributed by atoms with E-state index in [-0.39, 0.29) is 11.9 Å². The lowest BCUT2D eigenvalue weighted by molar-refractivity contribution is 0.0636. The van der Waals surface area contributed by atoms with E-state index < -0.39 is 0 Å². The Bertz CT molecular complexity index is 759. The third kappa shape index (κ3) is 4.12. The maximum atomic E-state index is 11.6. The molecule has 5 nitrogen and oxygen atoms in total. The molecule has 2 aromatic rings. The van der Waals surface area contributed by atoms with Crippen LogP contribution in [0.5, 0.6) is 17.2 Å². The molecule has 1 atom stereocenters. The van der Waals surface area contributed by atoms with Gasteiger partial charge in [0.05, 0.1) is 7.11 Å². The molecule has 0 radical (unpaired) electrons. The van der Waals surface area contributed by atoms with Crippen LogP contribution in [0, 0.1) is 0 Å². The van der Waals surface area contributed by atoms with E-state index in [9.17, 15) is 4.79 Å². The summed E-state index contributed by atoms with van der Waals surface area (Å²) < 4.78 is 17.2. The summed E-state index contributed by atoms with van der Waals surface area (Å²) in [5.74, 6) is 2.40. The molecular formula is C20H23NO4. The predicted molar refractivity (Wildman–Crippen MR) is 95.7 cm³/mol. The van der Waals surface area contributed by atoms with Gasteiger partial charge < -0.3 is 14.2 Å². The number of ketones is 1. The molecule has 1 heterocycles. The van der Waals surface area contributed by atoms with Gasteiger partial charge in [0.2, 0.25) is 0 Å². The van der Waals surface area contributed by atoms with Crippen LogP contribution in [0.3, 0.4) is 0 Å². The highest BCUT2D eigenvalue weighted by Gasteiger charge is 2.22. The SMILES string of the molecule is COc1ccc(C(C)=O)cc1CN(C)C[C@H]1COc2ccccc2O1. The fourth-order valence-electron chi connectivity index (χ4n) is 2.98. The number of Topliss-reactive ketones (excluding diaryl/α,β-unsaturated/α-hetero) is 1. The zero-order chi connectivity index (χ0) is 17.8. The third-order valence-electron chi connectivity index (χ3n) is 4.21. The van der Waals surface area contributed by atoms with Gasteiger partial charge in [-0.05, 0) is 44.3 Å². The van der Waals surface area contributed by atoms with Crippen LogP contribution in [0.25, 0.3) is 0 Å². The van der Waals surface area contributed by atoms with E-state index in [1.165, 1.54) is 0 Å². The number of carbonyl (C=O) groups excluding carboxylic acids is 1. The first-order valence-corrected chi connectivity index (χ1v) is 8.31. The quantitative estimate of drug-likeness (QED) is 0.755. The molecule has 0 saturated heterocycles. The van der Waals surface area contributed by atoms with Crippen molar-refractivity contribution in [2.24, 2.45) is 0 Å². The van der Waals surface area contributed by atoms with Crippen LogP contribution in [0.2, 0.25) is 0 Å². The number of hydrogen-bond donors (Lipinski definition) is 0. The summed E-state index contributed by atoms with van der Waals surface area (Å²) in [5.41, 5.74) is 1.67. The van der Waals surface area contributed by atoms with Gasteiger partial charge in [-0.25, -0.2) is 0 Å². The van der Waals surface area contributed by atoms with Gasteiger partial charge in [-0.1, -0.05) is 12.1 Å². The van der Waals surface area contributed by atoms with Crippen molar-refractivity contribution in [3.05, 3.63) is 53.6 Å². The van der Waals surface area contributed by atoms with Crippen LogP contribution in [0.15, 0.2) is 42.5 Å². The molecule has 0 bridgehead atoms. The maximum absolute atomic E-state index is 11.6. The lowest BCUT2D eigenvalue weighted by Gasteiger charge is -2.29. The Labute approximate surface area is 148 Å². The molecule has 0 amide bonds. The minimum absolute atomic E-state index is 0.0399. The lowest BCUT2D eigenvalue weighted by atomic mass is 10.1. The minimum atomic E-state index is -0.0399. The summed E-state index contributed by atoms with van der Waals surface area (Å²) in [4.78, 5) is 13.8. The molecule has 0 fully saturated rings. The number of rotatable bonds is 6. The number of nitrogens with zero attached hydrogens (tertiary/aromatic N) is 1. The summed E-state index contributed by atoms with van der Waals surface area (Å²) in [6.07, 6.45) is -0.0399. The average Bonchev–Trinajstić information content (AvgIpc) is 2.61. The molecule has 132 valence electrons. The number of benzene rings is 2. The second-order valence-corrected chi connectivity index (χ2v) is 6.28. The first kappa shape index (κ1) is 17.3. The minimum Gasteiger partial charge on any atom is -0.496 e. The van der Waals surface area contributed by atoms with Crippen molar-refractivity contribution in [3.63, 3.8) is 0 Å². The number of para-hydroxylation sites is 2. The molecule has 0 saturated carbocycles. The highest BCUT2D eigenvalue weighted by molar-refractivity contribution is 5.94. The topological polar surface area (TPSA) is 48.0 Å². The van der Waals surface area contributed by atoms with Crippen LogP contribution in [-0.2, 0) is 6.54 Å². The summed E-state index contributed by atoms with van der Waals surface area (Å²) in [7, 11) is 3.66. The van der Waals surface area contributed by atoms with Crippen LogP contribution in [0.1, 0.15) is 22.8 Å². The van der Waals surface area contributed by atoms with Gasteiger partial charge in [0.25, 0.3) is 0 Å². The molecular weight excluding hydrogens is 318 g/mol. The van der Waals surface area contributed by atoms with Crippen molar-refractivity contribution < 1.29 is 19.0 Å². The molecule has 5 heteroatoms. The van der Waals surface area contributed by atoms with Gasteiger partial charge in [0.1, 0.15) is 18.5 Å². The van der Waals surface area contributed by atoms with Crippen molar-refractivity contribution >= 4 is 5.78 Å². The van der Waals surface area contributed by atoms with Crippen molar-refractivity contribution in [1.82, 2.24) is 4.90 Å². The Hall–Kier alpha value is -2.53. The van der Waals surface area contributed by atoms with Gasteiger partial charge in [-0.15, -0.1) is 0 Å². The third-order valence-corrected chi connectivity index (χ3v) is 4.21. The molecule has 25 heavy (non-hydrogen) atoms. The maximum Gasteiger partial charge on any atom is 0.161 e. The van der Waals surface area contributed by atoms with Crippen LogP contribution >= 0.6 is 0 Å². The Morgan fingerprint density at radius 1 is 1.24 bits per heavy atom. The van der Waals surface area contributed by atoms with Gasteiger partial charge in [0.15, 0.2) is 17.3 Å². The second kappa shape index (κ2) is 7.57. The molecule has 0 aliphatic carbocycles. The van der Waals surface area contributed by atoms with E-state index in [1.54, 1.807) is 20.1 Å². The number of carbonyl (C=O) groups is 1. The molecule has 3 rings (SSSR count). The number of fused-ring (bicyclic) bond motifs is 1. The zero-order valence-corrected chi connectivity index (χ0v) is 14.8. The van der Waals surface area contributed by atoms with Crippen LogP contribution in [0.4, 0.5) is 0 Å². The van der Waals surface area contributed by atoms with Crippen molar-refractivity contribution in [1.29, 1.82) is 0 Å². The Morgan fingerprint density at radius 3 is 2.72 bits per heavy atom. The van der Waals surface area contributed by atoms with E-state index in [0.717, 1.165) is 22.8 Å². The summed E-state index contributed by atoms with van der Waals surface area (Å²) in [6, 6.07) is 13.2. The largest absolute Gasteiger partial charge is 0.496 e. The van der Waals surface area contributed by atoms with Gasteiger partial charge in [-0.2, -0.15) is 0 Å². The molecule has 2 aromatic carbocycles. The average molecular weight is 341 g/mol.